The first kappa shape index (κ1) is 19.1. The summed E-state index contributed by atoms with van der Waals surface area (Å²) < 4.78 is 1.94. The number of carbonyl (C=O) groups excluding carboxylic acids is 4. The molecule has 144 valence electrons. The van der Waals surface area contributed by atoms with E-state index in [0.29, 0.717) is 12.1 Å². The van der Waals surface area contributed by atoms with Crippen LogP contribution in [0.4, 0.5) is 4.79 Å². The summed E-state index contributed by atoms with van der Waals surface area (Å²) in [6.07, 6.45) is 6.12. The average molecular weight is 371 g/mol. The summed E-state index contributed by atoms with van der Waals surface area (Å²) in [4.78, 5) is 52.0. The van der Waals surface area contributed by atoms with E-state index in [4.69, 9.17) is 0 Å². The highest BCUT2D eigenvalue weighted by Gasteiger charge is 2.48. The molecule has 1 aromatic rings. The van der Waals surface area contributed by atoms with Crippen molar-refractivity contribution >= 4 is 23.6 Å². The van der Waals surface area contributed by atoms with Crippen LogP contribution in [-0.2, 0) is 16.1 Å². The minimum atomic E-state index is -0.904. The SMILES string of the molecule is C=CCn1c(C)cc(C(=O)CN2C(=O)C(=O)N(C3CCCCC3)C2=O)c1C. The van der Waals surface area contributed by atoms with Gasteiger partial charge >= 0.3 is 17.8 Å². The number of ketones is 1. The highest BCUT2D eigenvalue weighted by Crippen LogP contribution is 2.27. The number of allylic oxidation sites excluding steroid dienone is 1. The van der Waals surface area contributed by atoms with Crippen molar-refractivity contribution in [1.82, 2.24) is 14.4 Å². The predicted molar refractivity (Wildman–Crippen MR) is 99.3 cm³/mol. The van der Waals surface area contributed by atoms with E-state index in [-0.39, 0.29) is 11.8 Å². The Labute approximate surface area is 158 Å². The van der Waals surface area contributed by atoms with Crippen molar-refractivity contribution in [2.24, 2.45) is 0 Å². The van der Waals surface area contributed by atoms with Gasteiger partial charge < -0.3 is 4.57 Å². The number of nitrogens with zero attached hydrogens (tertiary/aromatic N) is 3. The predicted octanol–water partition coefficient (Wildman–Crippen LogP) is 2.60. The average Bonchev–Trinajstić information content (AvgIpc) is 3.05. The van der Waals surface area contributed by atoms with Crippen molar-refractivity contribution in [3.8, 4) is 0 Å². The van der Waals surface area contributed by atoms with Crippen molar-refractivity contribution in [2.45, 2.75) is 58.5 Å². The Kier molecular flexibility index (Phi) is 5.30. The summed E-state index contributed by atoms with van der Waals surface area (Å²) in [5, 5.41) is 0. The van der Waals surface area contributed by atoms with Crippen molar-refractivity contribution in [3.05, 3.63) is 35.7 Å². The van der Waals surface area contributed by atoms with Crippen LogP contribution in [0, 0.1) is 13.8 Å². The van der Waals surface area contributed by atoms with E-state index < -0.39 is 24.4 Å². The lowest BCUT2D eigenvalue weighted by Crippen LogP contribution is -2.43. The van der Waals surface area contributed by atoms with Crippen molar-refractivity contribution in [1.29, 1.82) is 0 Å². The standard InChI is InChI=1S/C20H25N3O4/c1-4-10-21-13(2)11-16(14(21)3)17(24)12-22-18(25)19(26)23(20(22)27)15-8-6-5-7-9-15/h4,11,15H,1,5-10,12H2,2-3H3. The molecule has 7 heteroatoms. The van der Waals surface area contributed by atoms with Gasteiger partial charge in [-0.2, -0.15) is 0 Å². The van der Waals surface area contributed by atoms with Crippen LogP contribution in [0.15, 0.2) is 18.7 Å². The molecule has 3 rings (SSSR count). The summed E-state index contributed by atoms with van der Waals surface area (Å²) >= 11 is 0. The van der Waals surface area contributed by atoms with Crippen LogP contribution in [0.5, 0.6) is 0 Å². The third-order valence-corrected chi connectivity index (χ3v) is 5.51. The number of aryl methyl sites for hydroxylation is 1. The topological polar surface area (TPSA) is 79.7 Å². The zero-order valence-electron chi connectivity index (χ0n) is 15.9. The molecule has 2 aliphatic rings. The lowest BCUT2D eigenvalue weighted by atomic mass is 9.94. The Bertz CT molecular complexity index is 817. The second-order valence-electron chi connectivity index (χ2n) is 7.25. The van der Waals surface area contributed by atoms with Crippen LogP contribution in [0.25, 0.3) is 0 Å². The maximum atomic E-state index is 12.8. The summed E-state index contributed by atoms with van der Waals surface area (Å²) in [5.74, 6) is -2.06. The van der Waals surface area contributed by atoms with Crippen LogP contribution in [0.1, 0.15) is 53.8 Å². The van der Waals surface area contributed by atoms with Gasteiger partial charge in [-0.1, -0.05) is 25.3 Å². The number of aromatic nitrogens is 1. The molecule has 0 unspecified atom stereocenters. The zero-order valence-corrected chi connectivity index (χ0v) is 15.9. The molecule has 0 aromatic carbocycles. The van der Waals surface area contributed by atoms with Crippen LogP contribution >= 0.6 is 0 Å². The van der Waals surface area contributed by atoms with Gasteiger partial charge in [-0.15, -0.1) is 6.58 Å². The highest BCUT2D eigenvalue weighted by atomic mass is 16.2. The Morgan fingerprint density at radius 2 is 1.81 bits per heavy atom. The smallest absolute Gasteiger partial charge is 0.334 e. The Morgan fingerprint density at radius 3 is 2.44 bits per heavy atom. The molecule has 1 aliphatic heterocycles. The molecular weight excluding hydrogens is 346 g/mol. The molecule has 27 heavy (non-hydrogen) atoms. The second kappa shape index (κ2) is 7.50. The van der Waals surface area contributed by atoms with Gasteiger partial charge in [0.25, 0.3) is 0 Å². The Morgan fingerprint density at radius 1 is 1.15 bits per heavy atom. The summed E-state index contributed by atoms with van der Waals surface area (Å²) in [5.41, 5.74) is 2.11. The van der Waals surface area contributed by atoms with E-state index in [1.54, 1.807) is 12.1 Å². The number of amides is 4. The minimum absolute atomic E-state index is 0.236. The molecule has 1 saturated carbocycles. The molecule has 4 amide bonds. The molecule has 1 aromatic heterocycles. The number of hydrogen-bond donors (Lipinski definition) is 0. The first-order valence-corrected chi connectivity index (χ1v) is 9.36. The van der Waals surface area contributed by atoms with Gasteiger partial charge in [-0.3, -0.25) is 19.3 Å². The van der Waals surface area contributed by atoms with E-state index >= 15 is 0 Å². The largest absolute Gasteiger partial charge is 0.345 e. The molecule has 2 heterocycles. The molecule has 7 nitrogen and oxygen atoms in total. The number of urea groups is 1. The number of hydrogen-bond acceptors (Lipinski definition) is 4. The van der Waals surface area contributed by atoms with E-state index in [1.807, 2.05) is 18.4 Å². The summed E-state index contributed by atoms with van der Waals surface area (Å²) in [6, 6.07) is 0.845. The quantitative estimate of drug-likeness (QED) is 0.333. The van der Waals surface area contributed by atoms with Gasteiger partial charge in [0, 0.05) is 29.5 Å². The number of Topliss-reactive ketones (excluding diaryl/α,β-unsaturated/α-hetero) is 1. The summed E-state index contributed by atoms with van der Waals surface area (Å²) in [6.45, 7) is 7.57. The lowest BCUT2D eigenvalue weighted by Gasteiger charge is -2.28. The maximum absolute atomic E-state index is 12.8. The zero-order chi connectivity index (χ0) is 19.7. The van der Waals surface area contributed by atoms with E-state index in [2.05, 4.69) is 6.58 Å². The van der Waals surface area contributed by atoms with Crippen molar-refractivity contribution in [2.75, 3.05) is 6.54 Å². The monoisotopic (exact) mass is 371 g/mol. The molecule has 1 aliphatic carbocycles. The third kappa shape index (κ3) is 3.34. The van der Waals surface area contributed by atoms with Gasteiger partial charge in [-0.05, 0) is 32.8 Å². The fourth-order valence-corrected chi connectivity index (χ4v) is 4.05. The molecule has 2 fully saturated rings. The van der Waals surface area contributed by atoms with Gasteiger partial charge in [0.15, 0.2) is 5.78 Å². The molecule has 0 N–H and O–H groups in total. The van der Waals surface area contributed by atoms with Gasteiger partial charge in [-0.25, -0.2) is 9.69 Å². The van der Waals surface area contributed by atoms with Crippen LogP contribution in [-0.4, -0.2) is 50.6 Å². The number of carbonyl (C=O) groups is 4. The minimum Gasteiger partial charge on any atom is -0.345 e. The van der Waals surface area contributed by atoms with Crippen LogP contribution in [0.3, 0.4) is 0 Å². The fraction of sp³-hybridized carbons (Fsp3) is 0.500. The van der Waals surface area contributed by atoms with Crippen molar-refractivity contribution in [3.63, 3.8) is 0 Å². The number of rotatable bonds is 6. The molecule has 0 bridgehead atoms. The Hall–Kier alpha value is -2.70. The molecule has 0 radical (unpaired) electrons. The number of imide groups is 2. The second-order valence-corrected chi connectivity index (χ2v) is 7.25. The molecule has 1 saturated heterocycles. The van der Waals surface area contributed by atoms with E-state index in [9.17, 15) is 19.2 Å². The Balaban J connectivity index is 1.79. The fourth-order valence-electron chi connectivity index (χ4n) is 4.05. The first-order valence-electron chi connectivity index (χ1n) is 9.36. The first-order chi connectivity index (χ1) is 12.9. The van der Waals surface area contributed by atoms with Crippen LogP contribution in [0.2, 0.25) is 0 Å². The normalized spacial score (nSPS) is 18.5. The van der Waals surface area contributed by atoms with Gasteiger partial charge in [0.2, 0.25) is 0 Å². The molecular formula is C20H25N3O4. The van der Waals surface area contributed by atoms with Gasteiger partial charge in [0.1, 0.15) is 0 Å². The van der Waals surface area contributed by atoms with Crippen molar-refractivity contribution < 1.29 is 19.2 Å². The van der Waals surface area contributed by atoms with E-state index in [1.165, 1.54) is 0 Å². The highest BCUT2D eigenvalue weighted by molar-refractivity contribution is 6.45. The third-order valence-electron chi connectivity index (χ3n) is 5.51. The van der Waals surface area contributed by atoms with Gasteiger partial charge in [0.05, 0.1) is 6.54 Å². The maximum Gasteiger partial charge on any atom is 0.334 e. The molecule has 0 spiro atoms. The summed E-state index contributed by atoms with van der Waals surface area (Å²) in [7, 11) is 0. The lowest BCUT2D eigenvalue weighted by molar-refractivity contribution is -0.144. The van der Waals surface area contributed by atoms with E-state index in [0.717, 1.165) is 53.3 Å². The molecule has 0 atom stereocenters. The van der Waals surface area contributed by atoms with Crippen LogP contribution < -0.4 is 0 Å².